The van der Waals surface area contributed by atoms with Crippen LogP contribution < -0.4 is 15.7 Å². The molecule has 0 unspecified atom stereocenters. The molecule has 0 spiro atoms. The van der Waals surface area contributed by atoms with Crippen molar-refractivity contribution in [3.63, 3.8) is 0 Å². The van der Waals surface area contributed by atoms with Gasteiger partial charge in [-0.2, -0.15) is 0 Å². The highest BCUT2D eigenvalue weighted by atomic mass is 15.1. The second-order valence-corrected chi connectivity index (χ2v) is 12.9. The first-order valence-electron chi connectivity index (χ1n) is 16.1. The average molecular weight is 581 g/mol. The summed E-state index contributed by atoms with van der Waals surface area (Å²) in [5.74, 6) is 0. The Kier molecular flexibility index (Phi) is 4.06. The zero-order chi connectivity index (χ0) is 29.7. The molecule has 3 aliphatic rings. The highest BCUT2D eigenvalue weighted by Crippen LogP contribution is 2.50. The molecule has 12 rings (SSSR count). The first-order valence-corrected chi connectivity index (χ1v) is 16.1. The molecule has 2 aromatic heterocycles. The van der Waals surface area contributed by atoms with E-state index >= 15 is 0 Å². The summed E-state index contributed by atoms with van der Waals surface area (Å²) in [6.07, 6.45) is 0. The molecule has 9 aromatic rings. The number of para-hydroxylation sites is 4. The zero-order valence-corrected chi connectivity index (χ0v) is 24.8. The molecule has 5 heterocycles. The van der Waals surface area contributed by atoms with Gasteiger partial charge in [0.2, 0.25) is 0 Å². The fourth-order valence-electron chi connectivity index (χ4n) is 9.11. The van der Waals surface area contributed by atoms with Crippen LogP contribution in [-0.2, 0) is 0 Å². The van der Waals surface area contributed by atoms with Crippen LogP contribution in [0.15, 0.2) is 146 Å². The SMILES string of the molecule is c1ccc(-n2c3ccccc3c3cc4c5ccc6c7c5n(c4cc32)-c2cccc3c2B7N(c2ccccc2-3)c2ccccc2-6)cc1. The highest BCUT2D eigenvalue weighted by molar-refractivity contribution is 6.95. The van der Waals surface area contributed by atoms with Gasteiger partial charge in [0.15, 0.2) is 0 Å². The molecule has 3 nitrogen and oxygen atoms in total. The van der Waals surface area contributed by atoms with Gasteiger partial charge in [-0.25, -0.2) is 0 Å². The Morgan fingerprint density at radius 1 is 0.370 bits per heavy atom. The van der Waals surface area contributed by atoms with Gasteiger partial charge in [0.25, 0.3) is 0 Å². The van der Waals surface area contributed by atoms with Crippen molar-refractivity contribution in [2.24, 2.45) is 0 Å². The lowest BCUT2D eigenvalue weighted by atomic mass is 9.41. The van der Waals surface area contributed by atoms with Crippen molar-refractivity contribution >= 4 is 72.8 Å². The summed E-state index contributed by atoms with van der Waals surface area (Å²) in [7, 11) is 0. The van der Waals surface area contributed by atoms with Crippen molar-refractivity contribution in [1.29, 1.82) is 0 Å². The Morgan fingerprint density at radius 3 is 1.83 bits per heavy atom. The smallest absolute Gasteiger partial charge is 0.333 e. The van der Waals surface area contributed by atoms with E-state index in [1.165, 1.54) is 99.5 Å². The maximum Gasteiger partial charge on any atom is 0.333 e. The minimum absolute atomic E-state index is 0.111. The number of hydrogen-bond donors (Lipinski definition) is 0. The topological polar surface area (TPSA) is 13.1 Å². The molecule has 3 aliphatic heterocycles. The van der Waals surface area contributed by atoms with Gasteiger partial charge < -0.3 is 13.9 Å². The molecule has 210 valence electrons. The lowest BCUT2D eigenvalue weighted by Crippen LogP contribution is -2.62. The number of aromatic nitrogens is 2. The van der Waals surface area contributed by atoms with Crippen LogP contribution >= 0.6 is 0 Å². The Labute approximate surface area is 265 Å². The molecule has 7 aromatic carbocycles. The third-order valence-corrected chi connectivity index (χ3v) is 10.8. The van der Waals surface area contributed by atoms with Gasteiger partial charge in [-0.15, -0.1) is 0 Å². The van der Waals surface area contributed by atoms with Crippen LogP contribution in [0.2, 0.25) is 0 Å². The van der Waals surface area contributed by atoms with E-state index in [9.17, 15) is 0 Å². The van der Waals surface area contributed by atoms with Crippen LogP contribution in [0, 0.1) is 0 Å². The first kappa shape index (κ1) is 23.4. The Morgan fingerprint density at radius 2 is 1.00 bits per heavy atom. The molecule has 4 heteroatoms. The fraction of sp³-hybridized carbons (Fsp3) is 0. The Hall–Kier alpha value is -6.00. The van der Waals surface area contributed by atoms with Crippen LogP contribution in [0.3, 0.4) is 0 Å². The van der Waals surface area contributed by atoms with E-state index < -0.39 is 0 Å². The molecular formula is C42H24BN3. The van der Waals surface area contributed by atoms with Gasteiger partial charge in [-0.3, -0.25) is 0 Å². The monoisotopic (exact) mass is 581 g/mol. The summed E-state index contributed by atoms with van der Waals surface area (Å²) in [6, 6.07) is 54.2. The van der Waals surface area contributed by atoms with Crippen molar-refractivity contribution in [2.75, 3.05) is 4.81 Å². The number of anilines is 2. The number of fused-ring (bicyclic) bond motifs is 13. The minimum Gasteiger partial charge on any atom is -0.376 e. The van der Waals surface area contributed by atoms with Crippen molar-refractivity contribution in [1.82, 2.24) is 9.13 Å². The molecule has 0 fully saturated rings. The summed E-state index contributed by atoms with van der Waals surface area (Å²) in [5, 5.41) is 5.20. The Balaban J connectivity index is 1.31. The molecule has 0 saturated heterocycles. The quantitative estimate of drug-likeness (QED) is 0.176. The summed E-state index contributed by atoms with van der Waals surface area (Å²) >= 11 is 0. The summed E-state index contributed by atoms with van der Waals surface area (Å²) in [4.78, 5) is 2.62. The summed E-state index contributed by atoms with van der Waals surface area (Å²) in [5.41, 5.74) is 18.2. The maximum absolute atomic E-state index is 2.62. The predicted octanol–water partition coefficient (Wildman–Crippen LogP) is 9.10. The Bertz CT molecular complexity index is 2820. The molecule has 0 radical (unpaired) electrons. The minimum atomic E-state index is 0.111. The van der Waals surface area contributed by atoms with E-state index in [1.807, 2.05) is 0 Å². The van der Waals surface area contributed by atoms with Crippen molar-refractivity contribution in [2.45, 2.75) is 0 Å². The molecule has 0 atom stereocenters. The largest absolute Gasteiger partial charge is 0.376 e. The molecule has 0 saturated carbocycles. The van der Waals surface area contributed by atoms with E-state index in [4.69, 9.17) is 0 Å². The van der Waals surface area contributed by atoms with Crippen LogP contribution in [-0.4, -0.2) is 16.0 Å². The van der Waals surface area contributed by atoms with Gasteiger partial charge in [0, 0.05) is 55.4 Å². The van der Waals surface area contributed by atoms with E-state index in [2.05, 4.69) is 160 Å². The van der Waals surface area contributed by atoms with E-state index in [-0.39, 0.29) is 6.85 Å². The van der Waals surface area contributed by atoms with Crippen LogP contribution in [0.4, 0.5) is 11.4 Å². The number of benzene rings is 7. The zero-order valence-electron chi connectivity index (χ0n) is 24.8. The van der Waals surface area contributed by atoms with Crippen molar-refractivity contribution in [3.05, 3.63) is 146 Å². The van der Waals surface area contributed by atoms with Gasteiger partial charge in [-0.1, -0.05) is 97.1 Å². The first-order chi connectivity index (χ1) is 22.9. The molecule has 0 aliphatic carbocycles. The molecule has 0 bridgehead atoms. The molecule has 0 amide bonds. The second kappa shape index (κ2) is 7.98. The summed E-state index contributed by atoms with van der Waals surface area (Å²) in [6.45, 7) is 0.111. The van der Waals surface area contributed by atoms with Gasteiger partial charge >= 0.3 is 6.85 Å². The average Bonchev–Trinajstić information content (AvgIpc) is 3.62. The summed E-state index contributed by atoms with van der Waals surface area (Å²) < 4.78 is 5.02. The third kappa shape index (κ3) is 2.58. The lowest BCUT2D eigenvalue weighted by Gasteiger charge is -2.46. The highest BCUT2D eigenvalue weighted by Gasteiger charge is 2.47. The number of hydrogen-bond acceptors (Lipinski definition) is 1. The fourth-order valence-corrected chi connectivity index (χ4v) is 9.11. The van der Waals surface area contributed by atoms with Gasteiger partial charge in [0.1, 0.15) is 0 Å². The van der Waals surface area contributed by atoms with Crippen molar-refractivity contribution < 1.29 is 0 Å². The van der Waals surface area contributed by atoms with E-state index in [0.717, 1.165) is 0 Å². The molecule has 0 N–H and O–H groups in total. The predicted molar refractivity (Wildman–Crippen MR) is 193 cm³/mol. The standard InChI is InChI=1S/C42H24BN3/c1-2-11-25(12-3-1)44-34-17-7-4-15-28(34)32-23-33-31-22-21-30-27-14-6-9-19-36(27)46-35-18-8-5-13-26(35)29-16-10-20-37-40(29)43(46)41(30)42(31)45(37)39(33)24-38(32)44/h1-24H. The molecule has 46 heavy (non-hydrogen) atoms. The molecular weight excluding hydrogens is 557 g/mol. The number of nitrogens with zero attached hydrogens (tertiary/aromatic N) is 3. The lowest BCUT2D eigenvalue weighted by molar-refractivity contribution is 1.16. The van der Waals surface area contributed by atoms with Crippen molar-refractivity contribution in [3.8, 4) is 33.6 Å². The van der Waals surface area contributed by atoms with Crippen LogP contribution in [0.5, 0.6) is 0 Å². The maximum atomic E-state index is 2.62. The number of rotatable bonds is 1. The normalized spacial score (nSPS) is 13.6. The second-order valence-electron chi connectivity index (χ2n) is 12.9. The van der Waals surface area contributed by atoms with Gasteiger partial charge in [0.05, 0.1) is 22.1 Å². The third-order valence-electron chi connectivity index (χ3n) is 10.8. The van der Waals surface area contributed by atoms with Crippen LogP contribution in [0.1, 0.15) is 0 Å². The van der Waals surface area contributed by atoms with Crippen LogP contribution in [0.25, 0.3) is 77.2 Å². The van der Waals surface area contributed by atoms with Gasteiger partial charge in [-0.05, 0) is 70.6 Å². The van der Waals surface area contributed by atoms with E-state index in [1.54, 1.807) is 0 Å². The van der Waals surface area contributed by atoms with E-state index in [0.29, 0.717) is 0 Å².